The summed E-state index contributed by atoms with van der Waals surface area (Å²) in [6.45, 7) is 3.59. The number of piperidine rings is 1. The first kappa shape index (κ1) is 49.2. The average Bonchev–Trinajstić information content (AvgIpc) is 4.10. The Morgan fingerprint density at radius 3 is 2.03 bits per heavy atom. The molecule has 0 bridgehead atoms. The van der Waals surface area contributed by atoms with Gasteiger partial charge in [-0.25, -0.2) is 16.8 Å². The molecule has 2 atom stereocenters. The van der Waals surface area contributed by atoms with Gasteiger partial charge in [-0.1, -0.05) is 60.1 Å². The van der Waals surface area contributed by atoms with E-state index >= 15 is 0 Å². The summed E-state index contributed by atoms with van der Waals surface area (Å²) in [5.41, 5.74) is 3.00. The Hall–Kier alpha value is -6.25. The number of aromatic amines is 1. The highest BCUT2D eigenvalue weighted by Crippen LogP contribution is 2.27. The quantitative estimate of drug-likeness (QED) is 0.0901. The molecule has 1 saturated heterocycles. The van der Waals surface area contributed by atoms with Gasteiger partial charge in [0, 0.05) is 75.9 Å². The molecule has 2 unspecified atom stereocenters. The molecule has 0 saturated carbocycles. The number of nitriles is 2. The Labute approximate surface area is 390 Å². The molecule has 1 aliphatic heterocycles. The summed E-state index contributed by atoms with van der Waals surface area (Å²) < 4.78 is 61.7. The minimum Gasteiger partial charge on any atom is -0.396 e. The standard InChI is InChI=1S/C25H25N5O3S.C22H27ClN4O4S/c1-29(18-19-7-3-2-4-8-19)25(31)23(13-16-30-15-6-9-20(30)17-26)28-34(32,33)24-11-5-10-22-21(24)12-14-27-22;1-16-4-2-6-19(23)21(16)32(30,31)25-20(9-13-26-10-3-5-18(26)14-24)22(29)27-11-7-17(15-28)8-12-27/h2-12,14-15,23,27-28H,13,16,18H2,1H3;2-6,10,17,20,25,28H,7-9,11-13,15H2,1H3. The van der Waals surface area contributed by atoms with Gasteiger partial charge in [0.1, 0.15) is 40.5 Å². The van der Waals surface area contributed by atoms with Crippen molar-refractivity contribution < 1.29 is 31.5 Å². The molecule has 1 fully saturated rings. The molecule has 0 aliphatic carbocycles. The van der Waals surface area contributed by atoms with Gasteiger partial charge in [0.25, 0.3) is 0 Å². The SMILES string of the molecule is CN(Cc1ccccc1)C(=O)C(CCn1cccc1C#N)NS(=O)(=O)c1cccc2[nH]ccc12.Cc1cccc(Cl)c1S(=O)(=O)NC(CCn1cccc1C#N)C(=O)N1CCC(CO)CC1. The average molecular weight is 955 g/mol. The number of likely N-dealkylation sites (tertiary alicyclic amines) is 1. The van der Waals surface area contributed by atoms with Crippen LogP contribution in [0.4, 0.5) is 0 Å². The lowest BCUT2D eigenvalue weighted by Gasteiger charge is -2.34. The molecular weight excluding hydrogens is 902 g/mol. The number of nitrogens with zero attached hydrogens (tertiary/aromatic N) is 6. The van der Waals surface area contributed by atoms with E-state index in [0.29, 0.717) is 73.4 Å². The van der Waals surface area contributed by atoms with E-state index in [9.17, 15) is 42.1 Å². The second-order valence-corrected chi connectivity index (χ2v) is 19.8. The van der Waals surface area contributed by atoms with E-state index < -0.39 is 32.1 Å². The zero-order valence-corrected chi connectivity index (χ0v) is 38.9. The lowest BCUT2D eigenvalue weighted by atomic mass is 9.97. The maximum Gasteiger partial charge on any atom is 0.243 e. The Kier molecular flexibility index (Phi) is 16.6. The van der Waals surface area contributed by atoms with Gasteiger partial charge in [0.2, 0.25) is 31.9 Å². The predicted molar refractivity (Wildman–Crippen MR) is 250 cm³/mol. The van der Waals surface area contributed by atoms with Gasteiger partial charge >= 0.3 is 0 Å². The van der Waals surface area contributed by atoms with Gasteiger partial charge in [-0.2, -0.15) is 20.0 Å². The number of fused-ring (bicyclic) bond motifs is 1. The highest BCUT2D eigenvalue weighted by Gasteiger charge is 2.33. The van der Waals surface area contributed by atoms with E-state index in [1.165, 1.54) is 17.0 Å². The van der Waals surface area contributed by atoms with E-state index in [1.807, 2.05) is 30.3 Å². The fourth-order valence-corrected chi connectivity index (χ4v) is 11.4. The van der Waals surface area contributed by atoms with E-state index in [4.69, 9.17) is 11.6 Å². The van der Waals surface area contributed by atoms with Crippen molar-refractivity contribution in [1.29, 1.82) is 10.5 Å². The van der Waals surface area contributed by atoms with Crippen molar-refractivity contribution in [2.24, 2.45) is 5.92 Å². The summed E-state index contributed by atoms with van der Waals surface area (Å²) in [4.78, 5) is 32.9. The van der Waals surface area contributed by atoms with Crippen molar-refractivity contribution in [3.05, 3.63) is 143 Å². The number of sulfonamides is 2. The summed E-state index contributed by atoms with van der Waals surface area (Å²) in [7, 11) is -6.42. The van der Waals surface area contributed by atoms with Crippen LogP contribution >= 0.6 is 11.6 Å². The van der Waals surface area contributed by atoms with Crippen molar-refractivity contribution in [2.45, 2.75) is 74.1 Å². The summed E-state index contributed by atoms with van der Waals surface area (Å²) in [5.74, 6) is -0.516. The lowest BCUT2D eigenvalue weighted by Crippen LogP contribution is -2.51. The molecule has 1 aliphatic rings. The summed E-state index contributed by atoms with van der Waals surface area (Å²) >= 11 is 6.18. The van der Waals surface area contributed by atoms with Crippen molar-refractivity contribution in [2.75, 3.05) is 26.7 Å². The molecule has 7 rings (SSSR count). The molecule has 6 aromatic rings. The third kappa shape index (κ3) is 12.1. The molecule has 4 N–H and O–H groups in total. The Morgan fingerprint density at radius 1 is 0.818 bits per heavy atom. The molecule has 346 valence electrons. The molecule has 2 amide bonds. The summed E-state index contributed by atoms with van der Waals surface area (Å²) in [6, 6.07) is 29.9. The number of carbonyl (C=O) groups excluding carboxylic acids is 2. The number of aromatic nitrogens is 3. The van der Waals surface area contributed by atoms with Crippen LogP contribution in [0.3, 0.4) is 0 Å². The number of carbonyl (C=O) groups is 2. The van der Waals surface area contributed by atoms with Crippen LogP contribution in [0.1, 0.15) is 48.2 Å². The van der Waals surface area contributed by atoms with E-state index in [-0.39, 0.29) is 52.0 Å². The minimum atomic E-state index is -4.07. The molecule has 3 aromatic heterocycles. The minimum absolute atomic E-state index is 0.0443. The van der Waals surface area contributed by atoms with Gasteiger partial charge in [-0.3, -0.25) is 9.59 Å². The normalized spacial score (nSPS) is 14.1. The molecule has 0 radical (unpaired) electrons. The highest BCUT2D eigenvalue weighted by molar-refractivity contribution is 7.90. The van der Waals surface area contributed by atoms with Gasteiger partial charge in [0.05, 0.1) is 9.92 Å². The van der Waals surface area contributed by atoms with Crippen molar-refractivity contribution in [3.63, 3.8) is 0 Å². The van der Waals surface area contributed by atoms with Gasteiger partial charge in [-0.05, 0) is 98.2 Å². The van der Waals surface area contributed by atoms with Crippen LogP contribution in [-0.2, 0) is 49.3 Å². The van der Waals surface area contributed by atoms with Crippen LogP contribution in [0.2, 0.25) is 5.02 Å². The van der Waals surface area contributed by atoms with Crippen LogP contribution < -0.4 is 9.44 Å². The Morgan fingerprint density at radius 2 is 1.42 bits per heavy atom. The smallest absolute Gasteiger partial charge is 0.243 e. The number of aliphatic hydroxyl groups excluding tert-OH is 1. The lowest BCUT2D eigenvalue weighted by molar-refractivity contribution is -0.135. The first-order chi connectivity index (χ1) is 31.6. The predicted octanol–water partition coefficient (Wildman–Crippen LogP) is 5.53. The highest BCUT2D eigenvalue weighted by atomic mass is 35.5. The zero-order valence-electron chi connectivity index (χ0n) is 36.5. The van der Waals surface area contributed by atoms with Crippen LogP contribution in [0, 0.1) is 35.5 Å². The number of aryl methyl sites for hydroxylation is 3. The number of hydrogen-bond donors (Lipinski definition) is 4. The van der Waals surface area contributed by atoms with Crippen molar-refractivity contribution in [1.82, 2.24) is 33.4 Å². The number of amides is 2. The molecule has 3 aromatic carbocycles. The van der Waals surface area contributed by atoms with Crippen LogP contribution in [0.5, 0.6) is 0 Å². The van der Waals surface area contributed by atoms with Crippen LogP contribution in [-0.4, -0.2) is 96.5 Å². The first-order valence-electron chi connectivity index (χ1n) is 21.3. The fraction of sp³-hybridized carbons (Fsp3) is 0.319. The van der Waals surface area contributed by atoms with E-state index in [1.54, 1.807) is 101 Å². The number of aliphatic hydroxyl groups is 1. The molecule has 0 spiro atoms. The monoisotopic (exact) mass is 953 g/mol. The zero-order chi connectivity index (χ0) is 47.4. The number of nitrogens with one attached hydrogen (secondary N) is 3. The number of halogens is 1. The molecule has 19 heteroatoms. The second-order valence-electron chi connectivity index (χ2n) is 16.0. The number of rotatable bonds is 17. The third-order valence-corrected chi connectivity index (χ3v) is 15.1. The molecule has 4 heterocycles. The second kappa shape index (κ2) is 22.3. The van der Waals surface area contributed by atoms with Crippen molar-refractivity contribution >= 4 is 54.4 Å². The number of benzene rings is 3. The largest absolute Gasteiger partial charge is 0.396 e. The molecule has 16 nitrogen and oxygen atoms in total. The Bertz CT molecular complexity index is 2910. The van der Waals surface area contributed by atoms with Gasteiger partial charge in [0.15, 0.2) is 0 Å². The van der Waals surface area contributed by atoms with E-state index in [2.05, 4.69) is 26.6 Å². The first-order valence-corrected chi connectivity index (χ1v) is 24.6. The topological polar surface area (TPSA) is 226 Å². The van der Waals surface area contributed by atoms with Crippen LogP contribution in [0.15, 0.2) is 125 Å². The maximum absolute atomic E-state index is 13.4. The van der Waals surface area contributed by atoms with Gasteiger partial charge in [-0.15, -0.1) is 0 Å². The van der Waals surface area contributed by atoms with E-state index in [0.717, 1.165) is 5.56 Å². The number of H-pyrrole nitrogens is 1. The van der Waals surface area contributed by atoms with Gasteiger partial charge < -0.3 is 29.0 Å². The third-order valence-electron chi connectivity index (χ3n) is 11.5. The summed E-state index contributed by atoms with van der Waals surface area (Å²) in [5, 5.41) is 28.5. The Balaban J connectivity index is 0.000000219. The molecular formula is C47H52ClN9O7S2. The fourth-order valence-electron chi connectivity index (χ4n) is 7.93. The summed E-state index contributed by atoms with van der Waals surface area (Å²) in [6.07, 6.45) is 6.83. The van der Waals surface area contributed by atoms with Crippen molar-refractivity contribution in [3.8, 4) is 12.1 Å². The van der Waals surface area contributed by atoms with Crippen LogP contribution in [0.25, 0.3) is 10.9 Å². The maximum atomic E-state index is 13.4. The number of likely N-dealkylation sites (N-methyl/N-ethyl adjacent to an activating group) is 1. The molecule has 66 heavy (non-hydrogen) atoms. The number of hydrogen-bond acceptors (Lipinski definition) is 9.